The number of amides is 1. The maximum absolute atomic E-state index is 11.8. The number of esters is 1. The molecule has 0 aromatic heterocycles. The van der Waals surface area contributed by atoms with Crippen molar-refractivity contribution in [2.75, 3.05) is 19.1 Å². The second kappa shape index (κ2) is 6.05. The Kier molecular flexibility index (Phi) is 4.71. The van der Waals surface area contributed by atoms with Crippen LogP contribution in [0, 0.1) is 0 Å². The topological polar surface area (TPSA) is 55.8 Å². The Morgan fingerprint density at radius 1 is 1.22 bits per heavy atom. The lowest BCUT2D eigenvalue weighted by Gasteiger charge is -2.20. The standard InChI is InChI=1S/C13H17NO4/c1-9(2)18-13(16)14(3)11-8-6-5-7-10(11)12(15)17-4/h5-9H,1-4H3. The average molecular weight is 251 g/mol. The number of methoxy groups -OCH3 is 1. The fourth-order valence-electron chi connectivity index (χ4n) is 1.43. The number of carbonyl (C=O) groups is 2. The van der Waals surface area contributed by atoms with E-state index < -0.39 is 12.1 Å². The van der Waals surface area contributed by atoms with Gasteiger partial charge in [0.1, 0.15) is 0 Å². The van der Waals surface area contributed by atoms with Crippen LogP contribution < -0.4 is 4.90 Å². The lowest BCUT2D eigenvalue weighted by atomic mass is 10.1. The molecule has 0 fully saturated rings. The van der Waals surface area contributed by atoms with Gasteiger partial charge in [0.05, 0.1) is 24.5 Å². The molecule has 0 radical (unpaired) electrons. The Bertz CT molecular complexity index is 442. The highest BCUT2D eigenvalue weighted by Gasteiger charge is 2.20. The van der Waals surface area contributed by atoms with Crippen LogP contribution in [0.1, 0.15) is 24.2 Å². The second-order valence-electron chi connectivity index (χ2n) is 4.00. The van der Waals surface area contributed by atoms with Crippen molar-refractivity contribution >= 4 is 17.7 Å². The predicted octanol–water partition coefficient (Wildman–Crippen LogP) is 2.45. The summed E-state index contributed by atoms with van der Waals surface area (Å²) in [6.07, 6.45) is -0.730. The molecule has 0 saturated heterocycles. The molecule has 1 aromatic rings. The van der Waals surface area contributed by atoms with E-state index in [0.717, 1.165) is 0 Å². The normalized spacial score (nSPS) is 10.1. The van der Waals surface area contributed by atoms with Crippen LogP contribution in [0.2, 0.25) is 0 Å². The summed E-state index contributed by atoms with van der Waals surface area (Å²) in [5.74, 6) is -0.491. The van der Waals surface area contributed by atoms with E-state index in [9.17, 15) is 9.59 Å². The van der Waals surface area contributed by atoms with Gasteiger partial charge in [-0.25, -0.2) is 9.59 Å². The molecule has 0 saturated carbocycles. The van der Waals surface area contributed by atoms with Crippen LogP contribution in [0.3, 0.4) is 0 Å². The number of para-hydroxylation sites is 1. The molecule has 0 aliphatic carbocycles. The monoisotopic (exact) mass is 251 g/mol. The summed E-state index contributed by atoms with van der Waals surface area (Å²) < 4.78 is 9.74. The first-order valence-corrected chi connectivity index (χ1v) is 5.59. The van der Waals surface area contributed by atoms with Gasteiger partial charge in [-0.2, -0.15) is 0 Å². The zero-order chi connectivity index (χ0) is 13.7. The van der Waals surface area contributed by atoms with Gasteiger partial charge >= 0.3 is 12.1 Å². The smallest absolute Gasteiger partial charge is 0.414 e. The first-order valence-electron chi connectivity index (χ1n) is 5.59. The first kappa shape index (κ1) is 14.0. The molecule has 5 nitrogen and oxygen atoms in total. The van der Waals surface area contributed by atoms with Crippen LogP contribution in [0.15, 0.2) is 24.3 Å². The molecule has 98 valence electrons. The lowest BCUT2D eigenvalue weighted by Crippen LogP contribution is -2.30. The molecule has 0 N–H and O–H groups in total. The number of carbonyl (C=O) groups excluding carboxylic acids is 2. The molecule has 0 spiro atoms. The predicted molar refractivity (Wildman–Crippen MR) is 67.8 cm³/mol. The van der Waals surface area contributed by atoms with E-state index in [1.165, 1.54) is 12.0 Å². The molecule has 0 aliphatic rings. The summed E-state index contributed by atoms with van der Waals surface area (Å²) in [5, 5.41) is 0. The molecule has 18 heavy (non-hydrogen) atoms. The van der Waals surface area contributed by atoms with Crippen molar-refractivity contribution in [3.63, 3.8) is 0 Å². The summed E-state index contributed by atoms with van der Waals surface area (Å²) in [6.45, 7) is 3.52. The third kappa shape index (κ3) is 3.23. The van der Waals surface area contributed by atoms with Gasteiger partial charge in [0.15, 0.2) is 0 Å². The van der Waals surface area contributed by atoms with E-state index >= 15 is 0 Å². The van der Waals surface area contributed by atoms with Gasteiger partial charge in [-0.15, -0.1) is 0 Å². The summed E-state index contributed by atoms with van der Waals surface area (Å²) in [4.78, 5) is 24.6. The zero-order valence-electron chi connectivity index (χ0n) is 11.0. The van der Waals surface area contributed by atoms with Gasteiger partial charge < -0.3 is 9.47 Å². The highest BCUT2D eigenvalue weighted by Crippen LogP contribution is 2.20. The number of benzene rings is 1. The summed E-state index contributed by atoms with van der Waals surface area (Å²) in [5.41, 5.74) is 0.776. The van der Waals surface area contributed by atoms with Gasteiger partial charge in [0, 0.05) is 7.05 Å². The maximum Gasteiger partial charge on any atom is 0.414 e. The highest BCUT2D eigenvalue weighted by molar-refractivity contribution is 6.00. The molecule has 1 amide bonds. The van der Waals surface area contributed by atoms with Crippen LogP contribution in [0.4, 0.5) is 10.5 Å². The average Bonchev–Trinajstić information content (AvgIpc) is 2.36. The number of ether oxygens (including phenoxy) is 2. The number of rotatable bonds is 3. The number of hydrogen-bond acceptors (Lipinski definition) is 4. The van der Waals surface area contributed by atoms with Gasteiger partial charge in [-0.05, 0) is 26.0 Å². The van der Waals surface area contributed by atoms with Crippen molar-refractivity contribution < 1.29 is 19.1 Å². The van der Waals surface area contributed by atoms with Crippen molar-refractivity contribution in [1.82, 2.24) is 0 Å². The van der Waals surface area contributed by atoms with Crippen LogP contribution in [-0.2, 0) is 9.47 Å². The van der Waals surface area contributed by atoms with Crippen molar-refractivity contribution in [2.45, 2.75) is 20.0 Å². The molecule has 0 unspecified atom stereocenters. The minimum absolute atomic E-state index is 0.217. The summed E-state index contributed by atoms with van der Waals surface area (Å²) >= 11 is 0. The number of nitrogens with zero attached hydrogens (tertiary/aromatic N) is 1. The third-order valence-electron chi connectivity index (χ3n) is 2.28. The second-order valence-corrected chi connectivity index (χ2v) is 4.00. The van der Waals surface area contributed by atoms with Crippen molar-refractivity contribution in [3.8, 4) is 0 Å². The van der Waals surface area contributed by atoms with E-state index in [4.69, 9.17) is 4.74 Å². The van der Waals surface area contributed by atoms with E-state index in [0.29, 0.717) is 11.3 Å². The number of hydrogen-bond donors (Lipinski definition) is 0. The Morgan fingerprint density at radius 2 is 1.83 bits per heavy atom. The minimum atomic E-state index is -0.513. The molecule has 5 heteroatoms. The van der Waals surface area contributed by atoms with Crippen molar-refractivity contribution in [1.29, 1.82) is 0 Å². The third-order valence-corrected chi connectivity index (χ3v) is 2.28. The highest BCUT2D eigenvalue weighted by atomic mass is 16.6. The van der Waals surface area contributed by atoms with E-state index in [1.807, 2.05) is 0 Å². The molecule has 1 aromatic carbocycles. The SMILES string of the molecule is COC(=O)c1ccccc1N(C)C(=O)OC(C)C. The Balaban J connectivity index is 3.02. The molecular formula is C13H17NO4. The summed E-state index contributed by atoms with van der Waals surface area (Å²) in [6, 6.07) is 6.70. The quantitative estimate of drug-likeness (QED) is 0.774. The Hall–Kier alpha value is -2.04. The largest absolute Gasteiger partial charge is 0.465 e. The maximum atomic E-state index is 11.8. The van der Waals surface area contributed by atoms with Crippen LogP contribution in [-0.4, -0.2) is 32.3 Å². The Labute approximate surface area is 106 Å². The fourth-order valence-corrected chi connectivity index (χ4v) is 1.43. The summed E-state index contributed by atoms with van der Waals surface area (Å²) in [7, 11) is 2.85. The molecule has 1 rings (SSSR count). The van der Waals surface area contributed by atoms with E-state index in [1.54, 1.807) is 45.2 Å². The minimum Gasteiger partial charge on any atom is -0.465 e. The zero-order valence-corrected chi connectivity index (χ0v) is 11.0. The van der Waals surface area contributed by atoms with Crippen LogP contribution >= 0.6 is 0 Å². The lowest BCUT2D eigenvalue weighted by molar-refractivity contribution is 0.0601. The van der Waals surface area contributed by atoms with Crippen LogP contribution in [0.25, 0.3) is 0 Å². The molecule has 0 atom stereocenters. The van der Waals surface area contributed by atoms with Crippen LogP contribution in [0.5, 0.6) is 0 Å². The van der Waals surface area contributed by atoms with E-state index in [-0.39, 0.29) is 6.10 Å². The molecule has 0 heterocycles. The number of anilines is 1. The van der Waals surface area contributed by atoms with Gasteiger partial charge in [-0.3, -0.25) is 4.90 Å². The Morgan fingerprint density at radius 3 is 2.39 bits per heavy atom. The van der Waals surface area contributed by atoms with Crippen molar-refractivity contribution in [3.05, 3.63) is 29.8 Å². The van der Waals surface area contributed by atoms with E-state index in [2.05, 4.69) is 4.74 Å². The van der Waals surface area contributed by atoms with Crippen molar-refractivity contribution in [2.24, 2.45) is 0 Å². The van der Waals surface area contributed by atoms with Gasteiger partial charge in [0.2, 0.25) is 0 Å². The molecular weight excluding hydrogens is 234 g/mol. The first-order chi connectivity index (χ1) is 8.47. The van der Waals surface area contributed by atoms with Gasteiger partial charge in [-0.1, -0.05) is 12.1 Å². The fraction of sp³-hybridized carbons (Fsp3) is 0.385. The molecule has 0 aliphatic heterocycles. The molecule has 0 bridgehead atoms. The van der Waals surface area contributed by atoms with Gasteiger partial charge in [0.25, 0.3) is 0 Å².